The second-order valence-corrected chi connectivity index (χ2v) is 7.04. The van der Waals surface area contributed by atoms with Crippen molar-refractivity contribution in [2.45, 2.75) is 19.4 Å². The standard InChI is InChI=1S/C18H18N4O2S/c23-15(24)11-22-12-20-16(13-6-2-1-3-7-13)17(22)14-10-19-18(25-14)21-8-4-5-9-21/h1-3,6-7,10,12H,4-5,8-9,11H2,(H,23,24). The highest BCUT2D eigenvalue weighted by Gasteiger charge is 2.21. The van der Waals surface area contributed by atoms with Crippen molar-refractivity contribution in [1.82, 2.24) is 14.5 Å². The fourth-order valence-electron chi connectivity index (χ4n) is 3.14. The molecule has 25 heavy (non-hydrogen) atoms. The van der Waals surface area contributed by atoms with Crippen LogP contribution in [0.4, 0.5) is 5.13 Å². The normalized spacial score (nSPS) is 14.2. The molecule has 0 radical (unpaired) electrons. The van der Waals surface area contributed by atoms with Crippen molar-refractivity contribution in [3.8, 4) is 21.8 Å². The van der Waals surface area contributed by atoms with E-state index in [1.54, 1.807) is 22.2 Å². The van der Waals surface area contributed by atoms with Gasteiger partial charge in [0.25, 0.3) is 0 Å². The molecule has 1 aromatic carbocycles. The Bertz CT molecular complexity index is 882. The van der Waals surface area contributed by atoms with Gasteiger partial charge in [0, 0.05) is 24.8 Å². The van der Waals surface area contributed by atoms with Crippen LogP contribution in [0.3, 0.4) is 0 Å². The molecule has 0 spiro atoms. The number of benzene rings is 1. The number of carbonyl (C=O) groups is 1. The lowest BCUT2D eigenvalue weighted by Crippen LogP contribution is -2.16. The average Bonchev–Trinajstić information content (AvgIpc) is 3.35. The van der Waals surface area contributed by atoms with Crippen molar-refractivity contribution < 1.29 is 9.90 Å². The van der Waals surface area contributed by atoms with Crippen molar-refractivity contribution in [3.63, 3.8) is 0 Å². The number of carboxylic acid groups (broad SMARTS) is 1. The van der Waals surface area contributed by atoms with Gasteiger partial charge in [-0.15, -0.1) is 0 Å². The summed E-state index contributed by atoms with van der Waals surface area (Å²) in [5.74, 6) is -0.887. The molecular formula is C18H18N4O2S. The summed E-state index contributed by atoms with van der Waals surface area (Å²) in [5, 5.41) is 10.2. The van der Waals surface area contributed by atoms with Gasteiger partial charge in [-0.25, -0.2) is 9.97 Å². The Hall–Kier alpha value is -2.67. The van der Waals surface area contributed by atoms with Crippen molar-refractivity contribution in [2.24, 2.45) is 0 Å². The highest BCUT2D eigenvalue weighted by molar-refractivity contribution is 7.18. The molecule has 2 aromatic heterocycles. The topological polar surface area (TPSA) is 71.2 Å². The molecule has 1 aliphatic rings. The van der Waals surface area contributed by atoms with E-state index >= 15 is 0 Å². The molecule has 3 aromatic rings. The van der Waals surface area contributed by atoms with Gasteiger partial charge in [0.1, 0.15) is 6.54 Å². The first-order valence-electron chi connectivity index (χ1n) is 8.26. The zero-order chi connectivity index (χ0) is 17.2. The number of carboxylic acids is 1. The number of anilines is 1. The first-order chi connectivity index (χ1) is 12.2. The van der Waals surface area contributed by atoms with Gasteiger partial charge in [0.15, 0.2) is 5.13 Å². The molecule has 4 rings (SSSR count). The van der Waals surface area contributed by atoms with Gasteiger partial charge in [0.05, 0.1) is 22.6 Å². The summed E-state index contributed by atoms with van der Waals surface area (Å²) in [4.78, 5) is 23.5. The third kappa shape index (κ3) is 3.15. The van der Waals surface area contributed by atoms with E-state index in [-0.39, 0.29) is 6.54 Å². The minimum Gasteiger partial charge on any atom is -0.480 e. The highest BCUT2D eigenvalue weighted by atomic mass is 32.1. The molecule has 7 heteroatoms. The fraction of sp³-hybridized carbons (Fsp3) is 0.278. The number of aliphatic carboxylic acids is 1. The molecule has 0 saturated carbocycles. The fourth-order valence-corrected chi connectivity index (χ4v) is 4.17. The van der Waals surface area contributed by atoms with E-state index in [1.807, 2.05) is 36.5 Å². The zero-order valence-electron chi connectivity index (χ0n) is 13.6. The number of thiazole rings is 1. The maximum atomic E-state index is 11.2. The van der Waals surface area contributed by atoms with Crippen LogP contribution < -0.4 is 4.90 Å². The van der Waals surface area contributed by atoms with Gasteiger partial charge >= 0.3 is 5.97 Å². The highest BCUT2D eigenvalue weighted by Crippen LogP contribution is 2.37. The Kier molecular flexibility index (Phi) is 4.23. The lowest BCUT2D eigenvalue weighted by atomic mass is 10.1. The number of rotatable bonds is 5. The van der Waals surface area contributed by atoms with Crippen LogP contribution in [0, 0.1) is 0 Å². The van der Waals surface area contributed by atoms with Crippen molar-refractivity contribution >= 4 is 22.4 Å². The number of hydrogen-bond acceptors (Lipinski definition) is 5. The Morgan fingerprint density at radius 3 is 2.64 bits per heavy atom. The molecular weight excluding hydrogens is 336 g/mol. The van der Waals surface area contributed by atoms with E-state index in [0.29, 0.717) is 0 Å². The van der Waals surface area contributed by atoms with Crippen molar-refractivity contribution in [3.05, 3.63) is 42.9 Å². The van der Waals surface area contributed by atoms with Crippen LogP contribution in [0.2, 0.25) is 0 Å². The molecule has 3 heterocycles. The van der Waals surface area contributed by atoms with Gasteiger partial charge < -0.3 is 14.6 Å². The van der Waals surface area contributed by atoms with Crippen molar-refractivity contribution in [1.29, 1.82) is 0 Å². The van der Waals surface area contributed by atoms with E-state index in [4.69, 9.17) is 0 Å². The summed E-state index contributed by atoms with van der Waals surface area (Å²) < 4.78 is 1.69. The Morgan fingerprint density at radius 1 is 1.16 bits per heavy atom. The predicted molar refractivity (Wildman–Crippen MR) is 97.9 cm³/mol. The summed E-state index contributed by atoms with van der Waals surface area (Å²) in [5.41, 5.74) is 2.58. The van der Waals surface area contributed by atoms with E-state index in [1.165, 1.54) is 12.8 Å². The molecule has 0 atom stereocenters. The van der Waals surface area contributed by atoms with E-state index in [9.17, 15) is 9.90 Å². The largest absolute Gasteiger partial charge is 0.480 e. The summed E-state index contributed by atoms with van der Waals surface area (Å²) >= 11 is 1.60. The van der Waals surface area contributed by atoms with Gasteiger partial charge in [0.2, 0.25) is 0 Å². The van der Waals surface area contributed by atoms with Crippen LogP contribution in [-0.2, 0) is 11.3 Å². The SMILES string of the molecule is O=C(O)Cn1cnc(-c2ccccc2)c1-c1cnc(N2CCCC2)s1. The third-order valence-corrected chi connectivity index (χ3v) is 5.36. The third-order valence-electron chi connectivity index (χ3n) is 4.29. The summed E-state index contributed by atoms with van der Waals surface area (Å²) in [6.45, 7) is 1.95. The molecule has 1 N–H and O–H groups in total. The average molecular weight is 354 g/mol. The molecule has 128 valence electrons. The first-order valence-corrected chi connectivity index (χ1v) is 9.07. The van der Waals surface area contributed by atoms with Crippen LogP contribution in [0.1, 0.15) is 12.8 Å². The van der Waals surface area contributed by atoms with E-state index < -0.39 is 5.97 Å². The number of nitrogens with zero attached hydrogens (tertiary/aromatic N) is 4. The summed E-state index contributed by atoms with van der Waals surface area (Å²) in [7, 11) is 0. The van der Waals surface area contributed by atoms with Crippen molar-refractivity contribution in [2.75, 3.05) is 18.0 Å². The molecule has 1 saturated heterocycles. The van der Waals surface area contributed by atoms with Crippen LogP contribution in [-0.4, -0.2) is 38.7 Å². The monoisotopic (exact) mass is 354 g/mol. The quantitative estimate of drug-likeness (QED) is 0.761. The zero-order valence-corrected chi connectivity index (χ0v) is 14.4. The van der Waals surface area contributed by atoms with Crippen LogP contribution in [0.25, 0.3) is 21.8 Å². The maximum absolute atomic E-state index is 11.2. The molecule has 1 fully saturated rings. The lowest BCUT2D eigenvalue weighted by molar-refractivity contribution is -0.137. The second-order valence-electron chi connectivity index (χ2n) is 6.03. The molecule has 0 amide bonds. The first kappa shape index (κ1) is 15.8. The predicted octanol–water partition coefficient (Wildman–Crippen LogP) is 3.36. The van der Waals surface area contributed by atoms with Crippen LogP contribution in [0.15, 0.2) is 42.9 Å². The Labute approximate surface area is 149 Å². The molecule has 0 bridgehead atoms. The van der Waals surface area contributed by atoms with E-state index in [0.717, 1.165) is 40.0 Å². The lowest BCUT2D eigenvalue weighted by Gasteiger charge is -2.12. The van der Waals surface area contributed by atoms with Gasteiger partial charge in [-0.3, -0.25) is 4.79 Å². The molecule has 0 aliphatic carbocycles. The number of aromatic nitrogens is 3. The number of imidazole rings is 1. The minimum absolute atomic E-state index is 0.119. The maximum Gasteiger partial charge on any atom is 0.323 e. The second kappa shape index (κ2) is 6.68. The summed E-state index contributed by atoms with van der Waals surface area (Å²) in [6, 6.07) is 9.84. The van der Waals surface area contributed by atoms with Crippen LogP contribution in [0.5, 0.6) is 0 Å². The van der Waals surface area contributed by atoms with Gasteiger partial charge in [-0.05, 0) is 12.8 Å². The number of hydrogen-bond donors (Lipinski definition) is 1. The smallest absolute Gasteiger partial charge is 0.323 e. The van der Waals surface area contributed by atoms with Gasteiger partial charge in [-0.1, -0.05) is 41.7 Å². The Morgan fingerprint density at radius 2 is 1.92 bits per heavy atom. The summed E-state index contributed by atoms with van der Waals surface area (Å²) in [6.07, 6.45) is 5.82. The Balaban J connectivity index is 1.78. The molecule has 1 aliphatic heterocycles. The van der Waals surface area contributed by atoms with Gasteiger partial charge in [-0.2, -0.15) is 0 Å². The molecule has 6 nitrogen and oxygen atoms in total. The minimum atomic E-state index is -0.887. The molecule has 0 unspecified atom stereocenters. The van der Waals surface area contributed by atoms with Crippen LogP contribution >= 0.6 is 11.3 Å². The van der Waals surface area contributed by atoms with E-state index in [2.05, 4.69) is 14.9 Å².